The summed E-state index contributed by atoms with van der Waals surface area (Å²) in [6.07, 6.45) is 2.20. The lowest BCUT2D eigenvalue weighted by molar-refractivity contribution is -0.122. The van der Waals surface area contributed by atoms with Crippen molar-refractivity contribution in [2.24, 2.45) is 0 Å². The maximum Gasteiger partial charge on any atom is 0.237 e. The van der Waals surface area contributed by atoms with Crippen molar-refractivity contribution in [1.82, 2.24) is 20.9 Å². The standard InChI is InChI=1S/C10H16N4O2/c1-6-9(14-16-13-6)5-11-7(2)10(15)12-8-3-4-8/h7-8,11H,3-5H2,1-2H3,(H,12,15). The number of hydrogen-bond donors (Lipinski definition) is 2. The van der Waals surface area contributed by atoms with Crippen molar-refractivity contribution in [2.75, 3.05) is 0 Å². The van der Waals surface area contributed by atoms with Gasteiger partial charge >= 0.3 is 0 Å². The Balaban J connectivity index is 1.76. The van der Waals surface area contributed by atoms with Crippen LogP contribution in [0.1, 0.15) is 31.2 Å². The van der Waals surface area contributed by atoms with Crippen molar-refractivity contribution >= 4 is 5.91 Å². The number of amides is 1. The molecule has 1 fully saturated rings. The van der Waals surface area contributed by atoms with Gasteiger partial charge in [-0.3, -0.25) is 4.79 Å². The first-order valence-corrected chi connectivity index (χ1v) is 5.48. The Labute approximate surface area is 93.7 Å². The number of rotatable bonds is 5. The van der Waals surface area contributed by atoms with Crippen LogP contribution in [0, 0.1) is 6.92 Å². The van der Waals surface area contributed by atoms with E-state index in [-0.39, 0.29) is 11.9 Å². The van der Waals surface area contributed by atoms with E-state index in [1.54, 1.807) is 0 Å². The second kappa shape index (κ2) is 4.61. The van der Waals surface area contributed by atoms with E-state index in [1.165, 1.54) is 0 Å². The lowest BCUT2D eigenvalue weighted by atomic mass is 10.3. The third-order valence-corrected chi connectivity index (χ3v) is 2.64. The molecule has 88 valence electrons. The highest BCUT2D eigenvalue weighted by atomic mass is 16.6. The fraction of sp³-hybridized carbons (Fsp3) is 0.700. The molecule has 0 aliphatic heterocycles. The molecule has 1 heterocycles. The molecule has 16 heavy (non-hydrogen) atoms. The summed E-state index contributed by atoms with van der Waals surface area (Å²) in [5, 5.41) is 13.4. The van der Waals surface area contributed by atoms with Crippen LogP contribution in [0.4, 0.5) is 0 Å². The predicted molar refractivity (Wildman–Crippen MR) is 56.5 cm³/mol. The number of nitrogens with zero attached hydrogens (tertiary/aromatic N) is 2. The zero-order chi connectivity index (χ0) is 11.5. The molecule has 2 N–H and O–H groups in total. The van der Waals surface area contributed by atoms with Crippen LogP contribution < -0.4 is 10.6 Å². The minimum Gasteiger partial charge on any atom is -0.352 e. The monoisotopic (exact) mass is 224 g/mol. The summed E-state index contributed by atoms with van der Waals surface area (Å²) in [4.78, 5) is 11.6. The van der Waals surface area contributed by atoms with E-state index in [9.17, 15) is 4.79 Å². The molecular weight excluding hydrogens is 208 g/mol. The van der Waals surface area contributed by atoms with E-state index in [4.69, 9.17) is 0 Å². The second-order valence-electron chi connectivity index (χ2n) is 4.18. The molecule has 1 aromatic heterocycles. The fourth-order valence-electron chi connectivity index (χ4n) is 1.31. The highest BCUT2D eigenvalue weighted by Crippen LogP contribution is 2.18. The van der Waals surface area contributed by atoms with E-state index in [2.05, 4.69) is 25.6 Å². The molecule has 0 saturated heterocycles. The van der Waals surface area contributed by atoms with Gasteiger partial charge in [0.1, 0.15) is 11.4 Å². The molecule has 1 aliphatic rings. The third kappa shape index (κ3) is 2.79. The van der Waals surface area contributed by atoms with E-state index in [0.29, 0.717) is 12.6 Å². The average Bonchev–Trinajstić information content (AvgIpc) is 2.97. The highest BCUT2D eigenvalue weighted by molar-refractivity contribution is 5.81. The molecule has 0 radical (unpaired) electrons. The van der Waals surface area contributed by atoms with Gasteiger partial charge in [-0.15, -0.1) is 0 Å². The number of carbonyl (C=O) groups is 1. The number of hydrogen-bond acceptors (Lipinski definition) is 5. The van der Waals surface area contributed by atoms with Gasteiger partial charge in [0.15, 0.2) is 0 Å². The minimum absolute atomic E-state index is 0.0385. The molecule has 6 heteroatoms. The average molecular weight is 224 g/mol. The van der Waals surface area contributed by atoms with Crippen molar-refractivity contribution in [2.45, 2.75) is 45.3 Å². The van der Waals surface area contributed by atoms with E-state index < -0.39 is 0 Å². The smallest absolute Gasteiger partial charge is 0.237 e. The van der Waals surface area contributed by atoms with Gasteiger partial charge in [-0.1, -0.05) is 10.3 Å². The molecular formula is C10H16N4O2. The molecule has 0 aromatic carbocycles. The van der Waals surface area contributed by atoms with Crippen LogP contribution in [-0.2, 0) is 11.3 Å². The third-order valence-electron chi connectivity index (χ3n) is 2.64. The van der Waals surface area contributed by atoms with Gasteiger partial charge in [0.05, 0.1) is 6.04 Å². The van der Waals surface area contributed by atoms with Gasteiger partial charge in [-0.2, -0.15) is 0 Å². The minimum atomic E-state index is -0.225. The largest absolute Gasteiger partial charge is 0.352 e. The molecule has 2 rings (SSSR count). The van der Waals surface area contributed by atoms with Crippen LogP contribution in [0.5, 0.6) is 0 Å². The van der Waals surface area contributed by atoms with Crippen LogP contribution in [-0.4, -0.2) is 28.3 Å². The van der Waals surface area contributed by atoms with Crippen molar-refractivity contribution in [1.29, 1.82) is 0 Å². The van der Waals surface area contributed by atoms with E-state index in [1.807, 2.05) is 13.8 Å². The molecule has 1 amide bonds. The first-order valence-electron chi connectivity index (χ1n) is 5.48. The van der Waals surface area contributed by atoms with Crippen LogP contribution in [0.15, 0.2) is 4.63 Å². The topological polar surface area (TPSA) is 80.1 Å². The lowest BCUT2D eigenvalue weighted by Gasteiger charge is -2.12. The highest BCUT2D eigenvalue weighted by Gasteiger charge is 2.25. The quantitative estimate of drug-likeness (QED) is 0.743. The fourth-order valence-corrected chi connectivity index (χ4v) is 1.31. The summed E-state index contributed by atoms with van der Waals surface area (Å²) < 4.78 is 4.57. The Hall–Kier alpha value is -1.43. The van der Waals surface area contributed by atoms with Gasteiger partial charge in [-0.25, -0.2) is 4.63 Å². The van der Waals surface area contributed by atoms with Crippen molar-refractivity contribution < 1.29 is 9.42 Å². The maximum atomic E-state index is 11.6. The normalized spacial score (nSPS) is 17.1. The number of aryl methyl sites for hydroxylation is 1. The van der Waals surface area contributed by atoms with Gasteiger partial charge in [0, 0.05) is 12.6 Å². The zero-order valence-electron chi connectivity index (χ0n) is 9.49. The molecule has 0 bridgehead atoms. The van der Waals surface area contributed by atoms with Crippen molar-refractivity contribution in [3.05, 3.63) is 11.4 Å². The molecule has 1 saturated carbocycles. The summed E-state index contributed by atoms with van der Waals surface area (Å²) in [6, 6.07) is 0.170. The maximum absolute atomic E-state index is 11.6. The summed E-state index contributed by atoms with van der Waals surface area (Å²) >= 11 is 0. The first kappa shape index (κ1) is 11.1. The number of nitrogens with one attached hydrogen (secondary N) is 2. The SMILES string of the molecule is Cc1nonc1CNC(C)C(=O)NC1CC1. The zero-order valence-corrected chi connectivity index (χ0v) is 9.49. The Morgan fingerprint density at radius 2 is 2.31 bits per heavy atom. The van der Waals surface area contributed by atoms with Crippen LogP contribution in [0.25, 0.3) is 0 Å². The first-order chi connectivity index (χ1) is 7.66. The molecule has 6 nitrogen and oxygen atoms in total. The summed E-state index contributed by atoms with van der Waals surface area (Å²) in [5.74, 6) is 0.0385. The summed E-state index contributed by atoms with van der Waals surface area (Å²) in [5.41, 5.74) is 1.49. The van der Waals surface area contributed by atoms with Crippen LogP contribution >= 0.6 is 0 Å². The van der Waals surface area contributed by atoms with E-state index in [0.717, 1.165) is 24.2 Å². The molecule has 1 unspecified atom stereocenters. The Bertz CT molecular complexity index is 373. The lowest BCUT2D eigenvalue weighted by Crippen LogP contribution is -2.42. The van der Waals surface area contributed by atoms with E-state index >= 15 is 0 Å². The van der Waals surface area contributed by atoms with Gasteiger partial charge < -0.3 is 10.6 Å². The second-order valence-corrected chi connectivity index (χ2v) is 4.18. The Morgan fingerprint density at radius 1 is 1.56 bits per heavy atom. The molecule has 1 aromatic rings. The Morgan fingerprint density at radius 3 is 2.88 bits per heavy atom. The van der Waals surface area contributed by atoms with Crippen LogP contribution in [0.3, 0.4) is 0 Å². The van der Waals surface area contributed by atoms with Crippen molar-refractivity contribution in [3.8, 4) is 0 Å². The number of aromatic nitrogens is 2. The van der Waals surface area contributed by atoms with Gasteiger partial charge in [0.2, 0.25) is 5.91 Å². The van der Waals surface area contributed by atoms with Crippen molar-refractivity contribution in [3.63, 3.8) is 0 Å². The Kier molecular flexibility index (Phi) is 3.19. The predicted octanol–water partition coefficient (Wildman–Crippen LogP) is 0.135. The van der Waals surface area contributed by atoms with Gasteiger partial charge in [0.25, 0.3) is 0 Å². The molecule has 1 aliphatic carbocycles. The summed E-state index contributed by atoms with van der Waals surface area (Å²) in [6.45, 7) is 4.15. The molecule has 1 atom stereocenters. The van der Waals surface area contributed by atoms with Gasteiger partial charge in [-0.05, 0) is 26.7 Å². The molecule has 0 spiro atoms. The number of carbonyl (C=O) groups excluding carboxylic acids is 1. The summed E-state index contributed by atoms with van der Waals surface area (Å²) in [7, 11) is 0. The van der Waals surface area contributed by atoms with Crippen LogP contribution in [0.2, 0.25) is 0 Å².